The normalized spacial score (nSPS) is 13.8. The average molecular weight is 285 g/mol. The number of nitrogens with one attached hydrogen (secondary N) is 1. The van der Waals surface area contributed by atoms with Crippen LogP contribution in [0.3, 0.4) is 0 Å². The number of methoxy groups -OCH3 is 1. The molecule has 1 aliphatic rings. The summed E-state index contributed by atoms with van der Waals surface area (Å²) < 4.78 is 6.95. The van der Waals surface area contributed by atoms with Gasteiger partial charge in [-0.2, -0.15) is 5.10 Å². The Hall–Kier alpha value is -2.14. The lowest BCUT2D eigenvalue weighted by atomic mass is 9.96. The lowest BCUT2D eigenvalue weighted by Gasteiger charge is -2.17. The Morgan fingerprint density at radius 3 is 3.05 bits per heavy atom. The summed E-state index contributed by atoms with van der Waals surface area (Å²) in [6, 6.07) is 5.94. The molecule has 0 aliphatic carbocycles. The fourth-order valence-corrected chi connectivity index (χ4v) is 2.74. The summed E-state index contributed by atoms with van der Waals surface area (Å²) in [6.45, 7) is 4.41. The third kappa shape index (κ3) is 2.45. The van der Waals surface area contributed by atoms with Crippen molar-refractivity contribution in [3.8, 4) is 5.75 Å². The Balaban J connectivity index is 2.00. The van der Waals surface area contributed by atoms with E-state index in [9.17, 15) is 4.79 Å². The van der Waals surface area contributed by atoms with Crippen molar-refractivity contribution in [1.29, 1.82) is 0 Å². The molecule has 0 fully saturated rings. The molecule has 21 heavy (non-hydrogen) atoms. The predicted octanol–water partition coefficient (Wildman–Crippen LogP) is 1.79. The molecule has 3 rings (SSSR count). The van der Waals surface area contributed by atoms with Gasteiger partial charge in [0.25, 0.3) is 0 Å². The van der Waals surface area contributed by atoms with E-state index in [1.165, 1.54) is 11.1 Å². The first-order valence-electron chi connectivity index (χ1n) is 7.21. The molecule has 0 spiro atoms. The molecular formula is C16H19N3O2. The fraction of sp³-hybridized carbons (Fsp3) is 0.375. The number of fused-ring (bicyclic) bond motifs is 1. The zero-order valence-corrected chi connectivity index (χ0v) is 12.3. The van der Waals surface area contributed by atoms with Crippen LogP contribution in [0.1, 0.15) is 34.1 Å². The molecule has 0 unspecified atom stereocenters. The van der Waals surface area contributed by atoms with Crippen LogP contribution in [-0.4, -0.2) is 29.2 Å². The van der Waals surface area contributed by atoms with Crippen molar-refractivity contribution in [2.75, 3.05) is 13.7 Å². The van der Waals surface area contributed by atoms with E-state index in [0.29, 0.717) is 23.6 Å². The maximum atomic E-state index is 12.8. The van der Waals surface area contributed by atoms with Gasteiger partial charge in [-0.3, -0.25) is 9.48 Å². The van der Waals surface area contributed by atoms with Gasteiger partial charge in [0.2, 0.25) is 5.78 Å². The van der Waals surface area contributed by atoms with E-state index < -0.39 is 0 Å². The number of carbonyl (C=O) groups is 1. The van der Waals surface area contributed by atoms with E-state index in [1.807, 2.05) is 19.1 Å². The first kappa shape index (κ1) is 13.8. The molecule has 5 heteroatoms. The molecule has 0 amide bonds. The second kappa shape index (κ2) is 5.69. The fourth-order valence-electron chi connectivity index (χ4n) is 2.74. The van der Waals surface area contributed by atoms with Crippen LogP contribution < -0.4 is 10.1 Å². The van der Waals surface area contributed by atoms with Crippen molar-refractivity contribution in [2.45, 2.75) is 26.4 Å². The molecule has 0 atom stereocenters. The van der Waals surface area contributed by atoms with E-state index in [4.69, 9.17) is 4.74 Å². The largest absolute Gasteiger partial charge is 0.493 e. The maximum absolute atomic E-state index is 12.8. The molecule has 1 N–H and O–H groups in total. The Kier molecular flexibility index (Phi) is 3.75. The summed E-state index contributed by atoms with van der Waals surface area (Å²) in [5.41, 5.74) is 3.73. The Labute approximate surface area is 123 Å². The number of nitrogens with zero attached hydrogens (tertiary/aromatic N) is 2. The monoisotopic (exact) mass is 285 g/mol. The molecule has 1 aliphatic heterocycles. The molecule has 110 valence electrons. The highest BCUT2D eigenvalue weighted by atomic mass is 16.5. The quantitative estimate of drug-likeness (QED) is 0.870. The number of rotatable bonds is 4. The smallest absolute Gasteiger partial charge is 0.214 e. The second-order valence-corrected chi connectivity index (χ2v) is 5.12. The van der Waals surface area contributed by atoms with E-state index in [2.05, 4.69) is 16.5 Å². The predicted molar refractivity (Wildman–Crippen MR) is 79.7 cm³/mol. The van der Waals surface area contributed by atoms with E-state index in [1.54, 1.807) is 18.0 Å². The molecular weight excluding hydrogens is 266 g/mol. The number of hydrogen-bond donors (Lipinski definition) is 1. The highest BCUT2D eigenvalue weighted by Crippen LogP contribution is 2.23. The summed E-state index contributed by atoms with van der Waals surface area (Å²) in [5, 5.41) is 7.53. The minimum absolute atomic E-state index is 0.0421. The minimum Gasteiger partial charge on any atom is -0.493 e. The van der Waals surface area contributed by atoms with Gasteiger partial charge in [0.1, 0.15) is 0 Å². The lowest BCUT2D eigenvalue weighted by Crippen LogP contribution is -2.24. The summed E-state index contributed by atoms with van der Waals surface area (Å²) in [7, 11) is 1.56. The number of aromatic nitrogens is 2. The summed E-state index contributed by atoms with van der Waals surface area (Å²) in [6.07, 6.45) is 2.61. The molecule has 2 aromatic rings. The van der Waals surface area contributed by atoms with Gasteiger partial charge in [-0.1, -0.05) is 12.1 Å². The Morgan fingerprint density at radius 1 is 1.43 bits per heavy atom. The summed E-state index contributed by atoms with van der Waals surface area (Å²) in [5.74, 6) is 0.484. The van der Waals surface area contributed by atoms with Crippen LogP contribution in [0.2, 0.25) is 0 Å². The number of aryl methyl sites for hydroxylation is 1. The van der Waals surface area contributed by atoms with Crippen molar-refractivity contribution < 1.29 is 9.53 Å². The zero-order valence-electron chi connectivity index (χ0n) is 12.3. The van der Waals surface area contributed by atoms with Gasteiger partial charge in [-0.15, -0.1) is 0 Å². The highest BCUT2D eigenvalue weighted by Gasteiger charge is 2.21. The van der Waals surface area contributed by atoms with Crippen LogP contribution in [0.4, 0.5) is 0 Å². The average Bonchev–Trinajstić information content (AvgIpc) is 2.96. The molecule has 5 nitrogen and oxygen atoms in total. The summed E-state index contributed by atoms with van der Waals surface area (Å²) >= 11 is 0. The van der Waals surface area contributed by atoms with E-state index in [0.717, 1.165) is 19.5 Å². The lowest BCUT2D eigenvalue weighted by molar-refractivity contribution is 0.102. The van der Waals surface area contributed by atoms with Crippen LogP contribution in [0.25, 0.3) is 0 Å². The molecule has 0 bridgehead atoms. The molecule has 0 saturated heterocycles. The van der Waals surface area contributed by atoms with Gasteiger partial charge in [0, 0.05) is 18.7 Å². The number of hydrogen-bond acceptors (Lipinski definition) is 4. The first-order valence-corrected chi connectivity index (χ1v) is 7.21. The minimum atomic E-state index is -0.0421. The van der Waals surface area contributed by atoms with Crippen LogP contribution in [0.15, 0.2) is 24.4 Å². The van der Waals surface area contributed by atoms with Gasteiger partial charge in [0.15, 0.2) is 11.4 Å². The third-order valence-corrected chi connectivity index (χ3v) is 3.90. The number of ketones is 1. The van der Waals surface area contributed by atoms with Crippen molar-refractivity contribution in [1.82, 2.24) is 15.1 Å². The van der Waals surface area contributed by atoms with Crippen LogP contribution in [0, 0.1) is 0 Å². The van der Waals surface area contributed by atoms with Crippen molar-refractivity contribution in [3.05, 3.63) is 46.8 Å². The van der Waals surface area contributed by atoms with Crippen molar-refractivity contribution >= 4 is 5.78 Å². The maximum Gasteiger partial charge on any atom is 0.214 e. The second-order valence-electron chi connectivity index (χ2n) is 5.12. The number of benzene rings is 1. The topological polar surface area (TPSA) is 56.2 Å². The molecule has 1 aromatic heterocycles. The van der Waals surface area contributed by atoms with Crippen molar-refractivity contribution in [2.24, 2.45) is 0 Å². The number of ether oxygens (including phenoxy) is 1. The van der Waals surface area contributed by atoms with Gasteiger partial charge in [-0.25, -0.2) is 0 Å². The third-order valence-electron chi connectivity index (χ3n) is 3.90. The van der Waals surface area contributed by atoms with Crippen LogP contribution in [-0.2, 0) is 19.5 Å². The van der Waals surface area contributed by atoms with Crippen LogP contribution in [0.5, 0.6) is 5.75 Å². The first-order chi connectivity index (χ1) is 10.2. The molecule has 2 heterocycles. The van der Waals surface area contributed by atoms with E-state index >= 15 is 0 Å². The SMILES string of the molecule is CCn1ncc(OC)c1C(=O)c1ccc2c(c1)CNCC2. The molecule has 0 saturated carbocycles. The van der Waals surface area contributed by atoms with Gasteiger partial charge in [-0.05, 0) is 37.1 Å². The number of carbonyl (C=O) groups excluding carboxylic acids is 1. The molecule has 1 aromatic carbocycles. The highest BCUT2D eigenvalue weighted by molar-refractivity contribution is 6.09. The Morgan fingerprint density at radius 2 is 2.29 bits per heavy atom. The van der Waals surface area contributed by atoms with Gasteiger partial charge >= 0.3 is 0 Å². The molecule has 0 radical (unpaired) electrons. The van der Waals surface area contributed by atoms with Crippen molar-refractivity contribution in [3.63, 3.8) is 0 Å². The Bertz CT molecular complexity index is 655. The standard InChI is InChI=1S/C16H19N3O2/c1-3-19-15(14(21-2)10-18-19)16(20)12-5-4-11-6-7-17-9-13(11)8-12/h4-5,8,10,17H,3,6-7,9H2,1-2H3. The van der Waals surface area contributed by atoms with E-state index in [-0.39, 0.29) is 5.78 Å². The van der Waals surface area contributed by atoms with Gasteiger partial charge < -0.3 is 10.1 Å². The van der Waals surface area contributed by atoms with Gasteiger partial charge in [0.05, 0.1) is 13.3 Å². The van der Waals surface area contributed by atoms with Crippen LogP contribution >= 0.6 is 0 Å². The zero-order chi connectivity index (χ0) is 14.8. The summed E-state index contributed by atoms with van der Waals surface area (Å²) in [4.78, 5) is 12.8.